The standard InChI is InChI=1S/C11H11Cl2N3/c1-7-14-8(2)16(15-7)11-9(6-12)4-3-5-10(11)13/h3-5H,6H2,1-2H3. The summed E-state index contributed by atoms with van der Waals surface area (Å²) in [5.74, 6) is 1.92. The third-order valence-electron chi connectivity index (χ3n) is 2.30. The highest BCUT2D eigenvalue weighted by Crippen LogP contribution is 2.26. The lowest BCUT2D eigenvalue weighted by atomic mass is 10.2. The van der Waals surface area contributed by atoms with E-state index in [1.807, 2.05) is 32.0 Å². The van der Waals surface area contributed by atoms with Crippen molar-refractivity contribution in [2.45, 2.75) is 19.7 Å². The number of rotatable bonds is 2. The summed E-state index contributed by atoms with van der Waals surface area (Å²) in [5, 5.41) is 4.94. The Labute approximate surface area is 104 Å². The molecule has 0 aliphatic rings. The lowest BCUT2D eigenvalue weighted by Gasteiger charge is -2.10. The summed E-state index contributed by atoms with van der Waals surface area (Å²) >= 11 is 12.1. The fourth-order valence-corrected chi connectivity index (χ4v) is 2.13. The van der Waals surface area contributed by atoms with Crippen molar-refractivity contribution in [3.05, 3.63) is 40.4 Å². The van der Waals surface area contributed by atoms with Gasteiger partial charge in [0.15, 0.2) is 0 Å². The molecule has 1 aromatic carbocycles. The molecule has 0 aliphatic carbocycles. The van der Waals surface area contributed by atoms with Gasteiger partial charge in [0.05, 0.1) is 10.7 Å². The first-order valence-corrected chi connectivity index (χ1v) is 5.78. The maximum atomic E-state index is 6.18. The van der Waals surface area contributed by atoms with Crippen LogP contribution in [0.2, 0.25) is 5.02 Å². The Balaban J connectivity index is 2.67. The van der Waals surface area contributed by atoms with Crippen molar-refractivity contribution in [2.24, 2.45) is 0 Å². The highest BCUT2D eigenvalue weighted by atomic mass is 35.5. The Morgan fingerprint density at radius 1 is 1.31 bits per heavy atom. The normalized spacial score (nSPS) is 10.8. The van der Waals surface area contributed by atoms with Crippen LogP contribution >= 0.6 is 23.2 Å². The molecule has 2 rings (SSSR count). The fourth-order valence-electron chi connectivity index (χ4n) is 1.64. The van der Waals surface area contributed by atoms with E-state index >= 15 is 0 Å². The Morgan fingerprint density at radius 3 is 2.62 bits per heavy atom. The average molecular weight is 256 g/mol. The van der Waals surface area contributed by atoms with E-state index in [1.54, 1.807) is 4.68 Å². The molecule has 0 N–H and O–H groups in total. The van der Waals surface area contributed by atoms with Crippen LogP contribution in [0, 0.1) is 13.8 Å². The molecule has 0 spiro atoms. The topological polar surface area (TPSA) is 30.7 Å². The second-order valence-corrected chi connectivity index (χ2v) is 4.17. The first-order valence-electron chi connectivity index (χ1n) is 4.87. The van der Waals surface area contributed by atoms with Gasteiger partial charge in [-0.15, -0.1) is 11.6 Å². The second kappa shape index (κ2) is 4.44. The van der Waals surface area contributed by atoms with E-state index in [2.05, 4.69) is 10.1 Å². The van der Waals surface area contributed by atoms with Gasteiger partial charge < -0.3 is 0 Å². The molecular weight excluding hydrogens is 245 g/mol. The van der Waals surface area contributed by atoms with Crippen molar-refractivity contribution in [1.82, 2.24) is 14.8 Å². The van der Waals surface area contributed by atoms with Crippen molar-refractivity contribution < 1.29 is 0 Å². The Bertz CT molecular complexity index is 520. The van der Waals surface area contributed by atoms with Crippen LogP contribution in [0.25, 0.3) is 5.69 Å². The van der Waals surface area contributed by atoms with Crippen LogP contribution in [0.3, 0.4) is 0 Å². The number of hydrogen-bond donors (Lipinski definition) is 0. The molecule has 84 valence electrons. The van der Waals surface area contributed by atoms with Crippen LogP contribution in [0.15, 0.2) is 18.2 Å². The lowest BCUT2D eigenvalue weighted by molar-refractivity contribution is 0.824. The summed E-state index contributed by atoms with van der Waals surface area (Å²) < 4.78 is 1.73. The molecule has 0 bridgehead atoms. The quantitative estimate of drug-likeness (QED) is 0.772. The highest BCUT2D eigenvalue weighted by molar-refractivity contribution is 6.32. The Kier molecular flexibility index (Phi) is 3.17. The molecular formula is C11H11Cl2N3. The minimum Gasteiger partial charge on any atom is -0.217 e. The summed E-state index contributed by atoms with van der Waals surface area (Å²) in [4.78, 5) is 4.25. The number of nitrogens with zero attached hydrogens (tertiary/aromatic N) is 3. The number of aromatic nitrogens is 3. The number of benzene rings is 1. The van der Waals surface area contributed by atoms with Crippen molar-refractivity contribution >= 4 is 23.2 Å². The number of aryl methyl sites for hydroxylation is 2. The molecule has 0 radical (unpaired) electrons. The fraction of sp³-hybridized carbons (Fsp3) is 0.273. The van der Waals surface area contributed by atoms with Gasteiger partial charge in [0.2, 0.25) is 0 Å². The number of halogens is 2. The molecule has 0 saturated carbocycles. The first-order chi connectivity index (χ1) is 7.63. The SMILES string of the molecule is Cc1nc(C)n(-c2c(Cl)cccc2CCl)n1. The first kappa shape index (κ1) is 11.4. The maximum absolute atomic E-state index is 6.18. The molecule has 2 aromatic rings. The zero-order chi connectivity index (χ0) is 11.7. The molecule has 1 aromatic heterocycles. The van der Waals surface area contributed by atoms with Crippen LogP contribution in [-0.4, -0.2) is 14.8 Å². The third kappa shape index (κ3) is 1.93. The molecule has 0 fully saturated rings. The minimum absolute atomic E-state index is 0.397. The van der Waals surface area contributed by atoms with Crippen molar-refractivity contribution in [3.8, 4) is 5.69 Å². The monoisotopic (exact) mass is 255 g/mol. The molecule has 1 heterocycles. The predicted molar refractivity (Wildman–Crippen MR) is 65.4 cm³/mol. The molecule has 0 atom stereocenters. The zero-order valence-electron chi connectivity index (χ0n) is 9.04. The third-order valence-corrected chi connectivity index (χ3v) is 2.89. The van der Waals surface area contributed by atoms with Gasteiger partial charge in [-0.3, -0.25) is 0 Å². The maximum Gasteiger partial charge on any atom is 0.148 e. The van der Waals surface area contributed by atoms with Gasteiger partial charge in [0.25, 0.3) is 0 Å². The van der Waals surface area contributed by atoms with Gasteiger partial charge in [-0.2, -0.15) is 5.10 Å². The molecule has 16 heavy (non-hydrogen) atoms. The lowest BCUT2D eigenvalue weighted by Crippen LogP contribution is -2.03. The van der Waals surface area contributed by atoms with E-state index in [4.69, 9.17) is 23.2 Å². The van der Waals surface area contributed by atoms with Crippen molar-refractivity contribution in [1.29, 1.82) is 0 Å². The minimum atomic E-state index is 0.397. The molecule has 0 saturated heterocycles. The van der Waals surface area contributed by atoms with Crippen LogP contribution in [0.5, 0.6) is 0 Å². The summed E-state index contributed by atoms with van der Waals surface area (Å²) in [5.41, 5.74) is 1.76. The van der Waals surface area contributed by atoms with Gasteiger partial charge in [0, 0.05) is 5.88 Å². The molecule has 5 heteroatoms. The highest BCUT2D eigenvalue weighted by Gasteiger charge is 2.12. The van der Waals surface area contributed by atoms with E-state index in [1.165, 1.54) is 0 Å². The van der Waals surface area contributed by atoms with Crippen LogP contribution in [0.1, 0.15) is 17.2 Å². The van der Waals surface area contributed by atoms with Gasteiger partial charge in [-0.25, -0.2) is 9.67 Å². The van der Waals surface area contributed by atoms with E-state index in [0.29, 0.717) is 10.9 Å². The smallest absolute Gasteiger partial charge is 0.148 e. The van der Waals surface area contributed by atoms with Gasteiger partial charge >= 0.3 is 0 Å². The van der Waals surface area contributed by atoms with Crippen molar-refractivity contribution in [2.75, 3.05) is 0 Å². The van der Waals surface area contributed by atoms with E-state index in [9.17, 15) is 0 Å². The number of para-hydroxylation sites is 1. The molecule has 3 nitrogen and oxygen atoms in total. The summed E-state index contributed by atoms with van der Waals surface area (Å²) in [6.07, 6.45) is 0. The largest absolute Gasteiger partial charge is 0.217 e. The Hall–Kier alpha value is -1.06. The van der Waals surface area contributed by atoms with Crippen LogP contribution in [-0.2, 0) is 5.88 Å². The summed E-state index contributed by atoms with van der Waals surface area (Å²) in [7, 11) is 0. The van der Waals surface area contributed by atoms with E-state index in [-0.39, 0.29) is 0 Å². The average Bonchev–Trinajstić information content (AvgIpc) is 2.57. The van der Waals surface area contributed by atoms with Gasteiger partial charge in [0.1, 0.15) is 11.6 Å². The summed E-state index contributed by atoms with van der Waals surface area (Å²) in [6, 6.07) is 5.64. The van der Waals surface area contributed by atoms with Gasteiger partial charge in [-0.05, 0) is 25.5 Å². The molecule has 0 aliphatic heterocycles. The van der Waals surface area contributed by atoms with Crippen LogP contribution in [0.4, 0.5) is 0 Å². The predicted octanol–water partition coefficient (Wildman–Crippen LogP) is 3.28. The van der Waals surface area contributed by atoms with E-state index < -0.39 is 0 Å². The second-order valence-electron chi connectivity index (χ2n) is 3.50. The molecule has 0 unspecified atom stereocenters. The van der Waals surface area contributed by atoms with Crippen molar-refractivity contribution in [3.63, 3.8) is 0 Å². The van der Waals surface area contributed by atoms with Crippen LogP contribution < -0.4 is 0 Å². The van der Waals surface area contributed by atoms with E-state index in [0.717, 1.165) is 22.9 Å². The number of hydrogen-bond acceptors (Lipinski definition) is 2. The number of alkyl halides is 1. The zero-order valence-corrected chi connectivity index (χ0v) is 10.5. The molecule has 0 amide bonds. The van der Waals surface area contributed by atoms with Gasteiger partial charge in [-0.1, -0.05) is 23.7 Å². The Morgan fingerprint density at radius 2 is 2.06 bits per heavy atom. The summed E-state index contributed by atoms with van der Waals surface area (Å²) in [6.45, 7) is 3.74.